The van der Waals surface area contributed by atoms with Gasteiger partial charge in [-0.2, -0.15) is 4.98 Å². The Kier molecular flexibility index (Phi) is 5.08. The Morgan fingerprint density at radius 2 is 1.96 bits per heavy atom. The molecular formula is C15H15N3O5. The Morgan fingerprint density at radius 3 is 2.52 bits per heavy atom. The van der Waals surface area contributed by atoms with E-state index in [1.807, 2.05) is 0 Å². The van der Waals surface area contributed by atoms with Gasteiger partial charge >= 0.3 is 11.7 Å². The van der Waals surface area contributed by atoms with Crippen molar-refractivity contribution >= 4 is 23.2 Å². The van der Waals surface area contributed by atoms with Gasteiger partial charge in [-0.05, 0) is 17.7 Å². The molecule has 120 valence electrons. The van der Waals surface area contributed by atoms with E-state index in [0.717, 1.165) is 5.56 Å². The van der Waals surface area contributed by atoms with E-state index in [-0.39, 0.29) is 30.0 Å². The van der Waals surface area contributed by atoms with Gasteiger partial charge in [-0.1, -0.05) is 12.1 Å². The molecule has 0 saturated heterocycles. The van der Waals surface area contributed by atoms with Crippen molar-refractivity contribution in [3.05, 3.63) is 52.1 Å². The van der Waals surface area contributed by atoms with Crippen molar-refractivity contribution in [3.8, 4) is 5.88 Å². The molecule has 1 aromatic heterocycles. The van der Waals surface area contributed by atoms with E-state index in [9.17, 15) is 14.9 Å². The molecule has 0 unspecified atom stereocenters. The zero-order valence-corrected chi connectivity index (χ0v) is 12.6. The lowest BCUT2D eigenvalue weighted by molar-refractivity contribution is -0.384. The first-order valence-corrected chi connectivity index (χ1v) is 6.68. The average Bonchev–Trinajstić information content (AvgIpc) is 2.53. The highest BCUT2D eigenvalue weighted by molar-refractivity contribution is 5.67. The van der Waals surface area contributed by atoms with Crippen LogP contribution in [0.25, 0.3) is 0 Å². The monoisotopic (exact) mass is 317 g/mol. The molecule has 8 heteroatoms. The molecular weight excluding hydrogens is 302 g/mol. The number of nitrogens with zero attached hydrogens (tertiary/aromatic N) is 2. The average molecular weight is 317 g/mol. The Hall–Kier alpha value is -3.16. The fourth-order valence-electron chi connectivity index (χ4n) is 1.79. The van der Waals surface area contributed by atoms with Gasteiger partial charge in [0, 0.05) is 24.7 Å². The molecule has 23 heavy (non-hydrogen) atoms. The molecule has 0 spiro atoms. The summed E-state index contributed by atoms with van der Waals surface area (Å²) in [4.78, 5) is 25.3. The summed E-state index contributed by atoms with van der Waals surface area (Å²) in [7, 11) is 1.43. The highest BCUT2D eigenvalue weighted by Gasteiger charge is 2.16. The molecule has 0 atom stereocenters. The largest absolute Gasteiger partial charge is 0.481 e. The molecule has 2 aromatic rings. The number of benzene rings is 1. The van der Waals surface area contributed by atoms with Crippen molar-refractivity contribution in [2.75, 3.05) is 12.4 Å². The van der Waals surface area contributed by atoms with Crippen molar-refractivity contribution < 1.29 is 19.2 Å². The van der Waals surface area contributed by atoms with Crippen LogP contribution in [0.15, 0.2) is 36.4 Å². The third-order valence-electron chi connectivity index (χ3n) is 2.91. The summed E-state index contributed by atoms with van der Waals surface area (Å²) in [6, 6.07) is 9.66. The number of methoxy groups -OCH3 is 1. The Balaban J connectivity index is 2.18. The third-order valence-corrected chi connectivity index (χ3v) is 2.91. The van der Waals surface area contributed by atoms with E-state index in [2.05, 4.69) is 10.3 Å². The number of nitrogens with one attached hydrogen (secondary N) is 1. The zero-order valence-electron chi connectivity index (χ0n) is 12.6. The van der Waals surface area contributed by atoms with Crippen LogP contribution in [0.5, 0.6) is 5.88 Å². The molecule has 0 radical (unpaired) electrons. The highest BCUT2D eigenvalue weighted by atomic mass is 16.6. The Morgan fingerprint density at radius 1 is 1.26 bits per heavy atom. The molecule has 0 bridgehead atoms. The number of rotatable bonds is 6. The number of anilines is 2. The molecule has 8 nitrogen and oxygen atoms in total. The topological polar surface area (TPSA) is 104 Å². The lowest BCUT2D eigenvalue weighted by Crippen LogP contribution is -2.02. The molecule has 0 saturated carbocycles. The minimum absolute atomic E-state index is 0.0853. The zero-order chi connectivity index (χ0) is 16.8. The number of aromatic nitrogens is 1. The third kappa shape index (κ3) is 4.40. The predicted octanol–water partition coefficient (Wildman–Crippen LogP) is 2.81. The maximum atomic E-state index is 11.1. The van der Waals surface area contributed by atoms with E-state index in [0.29, 0.717) is 5.69 Å². The van der Waals surface area contributed by atoms with E-state index in [1.165, 1.54) is 26.2 Å². The Labute approximate surface area is 132 Å². The minimum Gasteiger partial charge on any atom is -0.481 e. The van der Waals surface area contributed by atoms with Gasteiger partial charge in [0.05, 0.1) is 12.0 Å². The summed E-state index contributed by atoms with van der Waals surface area (Å²) < 4.78 is 9.87. The van der Waals surface area contributed by atoms with E-state index in [4.69, 9.17) is 9.47 Å². The van der Waals surface area contributed by atoms with Crippen molar-refractivity contribution in [2.45, 2.75) is 13.5 Å². The molecule has 1 aromatic carbocycles. The van der Waals surface area contributed by atoms with Crippen LogP contribution in [0.4, 0.5) is 17.2 Å². The summed E-state index contributed by atoms with van der Waals surface area (Å²) in [5.74, 6) is -0.00456. The van der Waals surface area contributed by atoms with Crippen LogP contribution < -0.4 is 10.1 Å². The first kappa shape index (κ1) is 16.2. The first-order valence-electron chi connectivity index (χ1n) is 6.68. The second-order valence-corrected chi connectivity index (χ2v) is 4.58. The maximum Gasteiger partial charge on any atom is 0.311 e. The quantitative estimate of drug-likeness (QED) is 0.496. The number of pyridine rings is 1. The molecule has 2 rings (SSSR count). The van der Waals surface area contributed by atoms with Crippen LogP contribution in [0.3, 0.4) is 0 Å². The second-order valence-electron chi connectivity index (χ2n) is 4.58. The fourth-order valence-corrected chi connectivity index (χ4v) is 1.79. The minimum atomic E-state index is -0.524. The van der Waals surface area contributed by atoms with Gasteiger partial charge in [0.15, 0.2) is 0 Å². The van der Waals surface area contributed by atoms with Gasteiger partial charge in [0.25, 0.3) is 0 Å². The summed E-state index contributed by atoms with van der Waals surface area (Å²) in [5, 5.41) is 13.9. The van der Waals surface area contributed by atoms with Gasteiger partial charge in [0.1, 0.15) is 6.61 Å². The standard InChI is InChI=1S/C15H15N3O5/c1-10(19)23-9-11-3-5-12(6-4-11)16-15-13(18(20)21)7-8-14(17-15)22-2/h3-8H,9H2,1-2H3,(H,16,17). The van der Waals surface area contributed by atoms with Crippen LogP contribution in [-0.4, -0.2) is 23.0 Å². The van der Waals surface area contributed by atoms with Gasteiger partial charge in [-0.3, -0.25) is 14.9 Å². The number of ether oxygens (including phenoxy) is 2. The van der Waals surface area contributed by atoms with Crippen molar-refractivity contribution in [3.63, 3.8) is 0 Å². The van der Waals surface area contributed by atoms with Crippen LogP contribution >= 0.6 is 0 Å². The van der Waals surface area contributed by atoms with Crippen LogP contribution in [0, 0.1) is 10.1 Å². The predicted molar refractivity (Wildman–Crippen MR) is 82.6 cm³/mol. The van der Waals surface area contributed by atoms with E-state index in [1.54, 1.807) is 24.3 Å². The number of carbonyl (C=O) groups excluding carboxylic acids is 1. The molecule has 1 heterocycles. The van der Waals surface area contributed by atoms with Gasteiger partial charge < -0.3 is 14.8 Å². The molecule has 0 aliphatic rings. The number of esters is 1. The van der Waals surface area contributed by atoms with Crippen molar-refractivity contribution in [1.29, 1.82) is 0 Å². The molecule has 0 aliphatic carbocycles. The van der Waals surface area contributed by atoms with E-state index < -0.39 is 4.92 Å². The van der Waals surface area contributed by atoms with Crippen LogP contribution in [0.2, 0.25) is 0 Å². The molecule has 0 fully saturated rings. The summed E-state index contributed by atoms with van der Waals surface area (Å²) in [5.41, 5.74) is 1.26. The normalized spacial score (nSPS) is 10.0. The van der Waals surface area contributed by atoms with E-state index >= 15 is 0 Å². The molecule has 0 amide bonds. The van der Waals surface area contributed by atoms with Crippen molar-refractivity contribution in [1.82, 2.24) is 4.98 Å². The highest BCUT2D eigenvalue weighted by Crippen LogP contribution is 2.28. The fraction of sp³-hybridized carbons (Fsp3) is 0.200. The second kappa shape index (κ2) is 7.21. The molecule has 0 aliphatic heterocycles. The number of hydrogen-bond donors (Lipinski definition) is 1. The maximum absolute atomic E-state index is 11.1. The van der Waals surface area contributed by atoms with Crippen LogP contribution in [0.1, 0.15) is 12.5 Å². The van der Waals surface area contributed by atoms with Gasteiger partial charge in [0.2, 0.25) is 11.7 Å². The Bertz CT molecular complexity index is 716. The molecule has 1 N–H and O–H groups in total. The lowest BCUT2D eigenvalue weighted by Gasteiger charge is -2.08. The van der Waals surface area contributed by atoms with Crippen LogP contribution in [-0.2, 0) is 16.1 Å². The van der Waals surface area contributed by atoms with Gasteiger partial charge in [-0.25, -0.2) is 0 Å². The SMILES string of the molecule is COc1ccc([N+](=O)[O-])c(Nc2ccc(COC(C)=O)cc2)n1. The number of nitro groups is 1. The smallest absolute Gasteiger partial charge is 0.311 e. The first-order chi connectivity index (χ1) is 11.0. The van der Waals surface area contributed by atoms with Gasteiger partial charge in [-0.15, -0.1) is 0 Å². The van der Waals surface area contributed by atoms with Crippen molar-refractivity contribution in [2.24, 2.45) is 0 Å². The lowest BCUT2D eigenvalue weighted by atomic mass is 10.2. The summed E-state index contributed by atoms with van der Waals surface area (Å²) >= 11 is 0. The number of hydrogen-bond acceptors (Lipinski definition) is 7. The number of carbonyl (C=O) groups is 1. The summed E-state index contributed by atoms with van der Waals surface area (Å²) in [6.07, 6.45) is 0. The summed E-state index contributed by atoms with van der Waals surface area (Å²) in [6.45, 7) is 1.51.